The van der Waals surface area contributed by atoms with Gasteiger partial charge in [-0.05, 0) is 48.6 Å². The first-order valence-corrected chi connectivity index (χ1v) is 18.9. The molecule has 0 radical (unpaired) electrons. The van der Waals surface area contributed by atoms with E-state index in [4.69, 9.17) is 16.3 Å². The number of rotatable bonds is 8. The summed E-state index contributed by atoms with van der Waals surface area (Å²) in [6.45, 7) is 6.48. The quantitative estimate of drug-likeness (QED) is 0.196. The number of nitrogens with zero attached hydrogens (tertiary/aromatic N) is 7. The lowest BCUT2D eigenvalue weighted by Crippen LogP contribution is -2.51. The maximum absolute atomic E-state index is 16.7. The van der Waals surface area contributed by atoms with Crippen molar-refractivity contribution in [2.75, 3.05) is 29.9 Å². The zero-order valence-corrected chi connectivity index (χ0v) is 30.6. The van der Waals surface area contributed by atoms with Crippen LogP contribution in [0.2, 0.25) is 5.02 Å². The molecule has 5 heterocycles. The number of carbonyl (C=O) groups excluding carboxylic acids is 1. The van der Waals surface area contributed by atoms with Crippen LogP contribution in [0.5, 0.6) is 6.01 Å². The second kappa shape index (κ2) is 13.3. The van der Waals surface area contributed by atoms with Crippen LogP contribution in [0.1, 0.15) is 39.4 Å². The number of benzene rings is 3. The molecule has 1 amide bonds. The van der Waals surface area contributed by atoms with Gasteiger partial charge in [0.1, 0.15) is 23.4 Å². The summed E-state index contributed by atoms with van der Waals surface area (Å²) in [5, 5.41) is 12.8. The molecule has 272 valence electrons. The lowest BCUT2D eigenvalue weighted by Gasteiger charge is -2.34. The fourth-order valence-corrected chi connectivity index (χ4v) is 8.17. The molecule has 2 atom stereocenters. The number of carbonyl (C=O) groups is 1. The third kappa shape index (κ3) is 6.64. The van der Waals surface area contributed by atoms with Gasteiger partial charge in [-0.1, -0.05) is 62.7 Å². The van der Waals surface area contributed by atoms with E-state index in [-0.39, 0.29) is 34.2 Å². The number of pyridine rings is 1. The Morgan fingerprint density at radius 1 is 1.02 bits per heavy atom. The summed E-state index contributed by atoms with van der Waals surface area (Å²) >= 11 is 6.59. The summed E-state index contributed by atoms with van der Waals surface area (Å²) in [5.41, 5.74) is 0.503. The van der Waals surface area contributed by atoms with Gasteiger partial charge in [0.15, 0.2) is 18.2 Å². The van der Waals surface area contributed by atoms with Crippen molar-refractivity contribution in [1.82, 2.24) is 34.4 Å². The van der Waals surface area contributed by atoms with E-state index in [2.05, 4.69) is 40.6 Å². The summed E-state index contributed by atoms with van der Waals surface area (Å²) in [4.78, 5) is 32.9. The lowest BCUT2D eigenvalue weighted by molar-refractivity contribution is -0.118. The van der Waals surface area contributed by atoms with Crippen molar-refractivity contribution in [3.8, 4) is 17.3 Å². The molecule has 8 rings (SSSR count). The van der Waals surface area contributed by atoms with Crippen LogP contribution >= 0.6 is 11.6 Å². The van der Waals surface area contributed by atoms with E-state index in [1.165, 1.54) is 24.3 Å². The molecule has 16 heteroatoms. The molecule has 6 aromatic rings. The van der Waals surface area contributed by atoms with Crippen LogP contribution in [0, 0.1) is 5.82 Å². The number of anilines is 2. The molecule has 0 spiro atoms. The highest BCUT2D eigenvalue weighted by Crippen LogP contribution is 2.38. The molecule has 2 N–H and O–H groups in total. The predicted molar refractivity (Wildman–Crippen MR) is 199 cm³/mol. The fourth-order valence-electron chi connectivity index (χ4n) is 6.83. The topological polar surface area (TPSA) is 157 Å². The Balaban J connectivity index is 1.06. The predicted octanol–water partition coefficient (Wildman–Crippen LogP) is 5.72. The number of amides is 1. The largest absolute Gasteiger partial charge is 0.453 e. The minimum atomic E-state index is -4.00. The van der Waals surface area contributed by atoms with Gasteiger partial charge >= 0.3 is 6.01 Å². The maximum Gasteiger partial charge on any atom is 0.319 e. The Bertz CT molecular complexity index is 2490. The van der Waals surface area contributed by atoms with Crippen LogP contribution in [0.25, 0.3) is 32.9 Å². The van der Waals surface area contributed by atoms with Crippen molar-refractivity contribution < 1.29 is 22.3 Å². The van der Waals surface area contributed by atoms with Gasteiger partial charge in [0, 0.05) is 58.4 Å². The van der Waals surface area contributed by atoms with E-state index in [1.54, 1.807) is 18.3 Å². The van der Waals surface area contributed by atoms with Gasteiger partial charge in [-0.15, -0.1) is 9.19 Å². The Labute approximate surface area is 309 Å². The maximum atomic E-state index is 16.7. The van der Waals surface area contributed by atoms with Gasteiger partial charge in [-0.25, -0.2) is 9.37 Å². The van der Waals surface area contributed by atoms with Crippen LogP contribution in [-0.2, 0) is 20.2 Å². The average molecular weight is 756 g/mol. The Hall–Kier alpha value is -5.25. The number of nitrogens with one attached hydrogen (secondary N) is 2. The Morgan fingerprint density at radius 2 is 1.74 bits per heavy atom. The van der Waals surface area contributed by atoms with Crippen LogP contribution in [0.4, 0.5) is 15.9 Å². The van der Waals surface area contributed by atoms with Crippen molar-refractivity contribution in [2.24, 2.45) is 0 Å². The van der Waals surface area contributed by atoms with Gasteiger partial charge in [0.05, 0.1) is 10.3 Å². The smallest absolute Gasteiger partial charge is 0.319 e. The minimum Gasteiger partial charge on any atom is -0.453 e. The van der Waals surface area contributed by atoms with E-state index < -0.39 is 33.8 Å². The third-order valence-corrected chi connectivity index (χ3v) is 11.3. The highest BCUT2D eigenvalue weighted by Gasteiger charge is 2.34. The van der Waals surface area contributed by atoms with Crippen molar-refractivity contribution in [2.45, 2.75) is 56.0 Å². The van der Waals surface area contributed by atoms with E-state index in [9.17, 15) is 13.2 Å². The van der Waals surface area contributed by atoms with Crippen molar-refractivity contribution in [1.29, 1.82) is 0 Å². The molecule has 0 saturated carbocycles. The van der Waals surface area contributed by atoms with Gasteiger partial charge in [-0.2, -0.15) is 18.4 Å². The van der Waals surface area contributed by atoms with Crippen molar-refractivity contribution >= 4 is 60.7 Å². The van der Waals surface area contributed by atoms with E-state index in [0.29, 0.717) is 51.8 Å². The molecule has 2 aliphatic heterocycles. The third-order valence-electron chi connectivity index (χ3n) is 9.43. The number of piperazine rings is 1. The molecule has 53 heavy (non-hydrogen) atoms. The average Bonchev–Trinajstić information content (AvgIpc) is 3.78. The lowest BCUT2D eigenvalue weighted by atomic mass is 9.96. The summed E-state index contributed by atoms with van der Waals surface area (Å²) < 4.78 is 49.6. The molecular weight excluding hydrogens is 721 g/mol. The Kier molecular flexibility index (Phi) is 8.74. The van der Waals surface area contributed by atoms with Crippen molar-refractivity contribution in [3.63, 3.8) is 0 Å². The van der Waals surface area contributed by atoms with E-state index >= 15 is 4.39 Å². The Morgan fingerprint density at radius 3 is 2.43 bits per heavy atom. The van der Waals surface area contributed by atoms with Crippen LogP contribution < -0.4 is 20.3 Å². The summed E-state index contributed by atoms with van der Waals surface area (Å²) in [6, 6.07) is 17.0. The van der Waals surface area contributed by atoms with Gasteiger partial charge in [-0.3, -0.25) is 9.78 Å². The number of hydrogen-bond acceptors (Lipinski definition) is 11. The summed E-state index contributed by atoms with van der Waals surface area (Å²) in [6.07, 6.45) is 4.79. The van der Waals surface area contributed by atoms with Crippen LogP contribution in [-0.4, -0.2) is 75.2 Å². The molecule has 2 bridgehead atoms. The molecule has 3 aromatic heterocycles. The fraction of sp³-hybridized carbons (Fsp3) is 0.297. The zero-order valence-electron chi connectivity index (χ0n) is 29.0. The van der Waals surface area contributed by atoms with Crippen LogP contribution in [0.3, 0.4) is 0 Å². The van der Waals surface area contributed by atoms with Gasteiger partial charge in [0.25, 0.3) is 15.9 Å². The molecule has 13 nitrogen and oxygen atoms in total. The molecule has 3 aromatic carbocycles. The molecule has 0 aliphatic carbocycles. The zero-order chi connectivity index (χ0) is 37.1. The number of hydrogen-bond donors (Lipinski definition) is 2. The molecule has 2 saturated heterocycles. The monoisotopic (exact) mass is 755 g/mol. The molecule has 0 unspecified atom stereocenters. The minimum absolute atomic E-state index is 0.00384. The normalized spacial score (nSPS) is 17.4. The van der Waals surface area contributed by atoms with Crippen LogP contribution in [0.15, 0.2) is 78.1 Å². The first kappa shape index (κ1) is 34.8. The standard InChI is InChI=1S/C37H35ClFN9O4S/c1-37(2,3)35-41-20-48(46-35)53(50,51)25-14-12-22(13-15-25)43-29(49)19-52-36-44-33-27(34(45-36)47-17-23-10-11-24(18-47)42-23)16-40-32(31(33)39)26-8-4-6-21-7-5-9-28(38)30(21)26/h4-9,12-16,20,23-24,42H,10-11,17-19H2,1-3H3,(H,43,49)/t23-,24+. The van der Waals surface area contributed by atoms with Gasteiger partial charge in [0.2, 0.25) is 0 Å². The second-order valence-corrected chi connectivity index (χ2v) is 16.5. The molecule has 2 aliphatic rings. The van der Waals surface area contributed by atoms with Gasteiger partial charge < -0.3 is 20.3 Å². The second-order valence-electron chi connectivity index (χ2n) is 14.3. The number of aromatic nitrogens is 6. The van der Waals surface area contributed by atoms with Crippen molar-refractivity contribution in [3.05, 3.63) is 89.9 Å². The first-order chi connectivity index (χ1) is 25.3. The summed E-state index contributed by atoms with van der Waals surface area (Å²) in [7, 11) is -4.00. The number of ether oxygens (including phenoxy) is 1. The number of fused-ring (bicyclic) bond motifs is 4. The highest BCUT2D eigenvalue weighted by atomic mass is 35.5. The summed E-state index contributed by atoms with van der Waals surface area (Å²) in [5.74, 6) is -0.362. The SMILES string of the molecule is CC(C)(C)c1ncn(S(=O)(=O)c2ccc(NC(=O)COc3nc(N4C[C@H]5CC[C@@H](C4)N5)c4cnc(-c5cccc6cccc(Cl)c56)c(F)c4n3)cc2)n1. The van der Waals surface area contributed by atoms with E-state index in [0.717, 1.165) is 28.6 Å². The first-order valence-electron chi connectivity index (χ1n) is 17.1. The van der Waals surface area contributed by atoms with E-state index in [1.807, 2.05) is 45.0 Å². The molecular formula is C37H35ClFN9O4S. The highest BCUT2D eigenvalue weighted by molar-refractivity contribution is 7.89. The number of halogens is 2. The molecule has 2 fully saturated rings.